The topological polar surface area (TPSA) is 35.2 Å². The predicted molar refractivity (Wildman–Crippen MR) is 56.6 cm³/mol. The Bertz CT molecular complexity index is 314. The van der Waals surface area contributed by atoms with Gasteiger partial charge in [0.25, 0.3) is 0 Å². The van der Waals surface area contributed by atoms with Gasteiger partial charge in [0.1, 0.15) is 10.7 Å². The van der Waals surface area contributed by atoms with Gasteiger partial charge in [-0.3, -0.25) is 0 Å². The Morgan fingerprint density at radius 2 is 2.25 bits per heavy atom. The van der Waals surface area contributed by atoms with E-state index in [4.69, 9.17) is 22.7 Å². The molecule has 0 aliphatic rings. The number of halogens is 1. The van der Waals surface area contributed by atoms with Crippen LogP contribution in [0.5, 0.6) is 5.75 Å². The summed E-state index contributed by atoms with van der Waals surface area (Å²) in [5.41, 5.74) is 6.28. The third-order valence-electron chi connectivity index (χ3n) is 1.45. The molecule has 0 atom stereocenters. The van der Waals surface area contributed by atoms with Crippen LogP contribution in [0.2, 0.25) is 0 Å². The van der Waals surface area contributed by atoms with Gasteiger partial charge in [0.15, 0.2) is 0 Å². The molecule has 2 nitrogen and oxygen atoms in total. The summed E-state index contributed by atoms with van der Waals surface area (Å²) in [6.07, 6.45) is 0. The maximum absolute atomic E-state index is 5.48. The molecule has 1 aromatic rings. The zero-order valence-corrected chi connectivity index (χ0v) is 8.91. The second-order valence-corrected chi connectivity index (χ2v) is 3.42. The first-order valence-electron chi connectivity index (χ1n) is 3.29. The zero-order chi connectivity index (χ0) is 9.14. The second-order valence-electron chi connectivity index (χ2n) is 2.19. The molecule has 0 aromatic heterocycles. The molecule has 0 bridgehead atoms. The summed E-state index contributed by atoms with van der Waals surface area (Å²) < 4.78 is 5.88. The maximum Gasteiger partial charge on any atom is 0.133 e. The van der Waals surface area contributed by atoms with Crippen LogP contribution in [-0.4, -0.2) is 12.1 Å². The first-order chi connectivity index (χ1) is 5.66. The molecular weight excluding hydrogens is 238 g/mol. The van der Waals surface area contributed by atoms with Crippen molar-refractivity contribution in [2.24, 2.45) is 5.73 Å². The molecule has 2 N–H and O–H groups in total. The Morgan fingerprint density at radius 3 is 2.75 bits per heavy atom. The lowest BCUT2D eigenvalue weighted by Gasteiger charge is -2.06. The molecule has 0 spiro atoms. The summed E-state index contributed by atoms with van der Waals surface area (Å²) in [4.78, 5) is 0.362. The molecule has 0 aliphatic heterocycles. The number of nitrogens with two attached hydrogens (primary N) is 1. The Balaban J connectivity index is 3.23. The Morgan fingerprint density at radius 1 is 1.58 bits per heavy atom. The van der Waals surface area contributed by atoms with Gasteiger partial charge in [-0.15, -0.1) is 0 Å². The molecule has 0 radical (unpaired) electrons. The minimum absolute atomic E-state index is 0.362. The lowest BCUT2D eigenvalue weighted by atomic mass is 10.2. The standard InChI is InChI=1S/C8H8BrNOS/c1-11-6-4-2-3-5(7(6)9)8(10)12/h2-4H,1H3,(H2,10,12). The van der Waals surface area contributed by atoms with Crippen LogP contribution in [0, 0.1) is 0 Å². The van der Waals surface area contributed by atoms with E-state index in [2.05, 4.69) is 15.9 Å². The van der Waals surface area contributed by atoms with E-state index in [-0.39, 0.29) is 0 Å². The molecule has 0 aliphatic carbocycles. The van der Waals surface area contributed by atoms with Gasteiger partial charge in [0.2, 0.25) is 0 Å². The Hall–Kier alpha value is -0.610. The van der Waals surface area contributed by atoms with Crippen molar-refractivity contribution in [3.05, 3.63) is 28.2 Å². The Kier molecular flexibility index (Phi) is 3.05. The van der Waals surface area contributed by atoms with Crippen LogP contribution in [0.15, 0.2) is 22.7 Å². The summed E-state index contributed by atoms with van der Waals surface area (Å²) in [7, 11) is 1.60. The van der Waals surface area contributed by atoms with E-state index in [1.807, 2.05) is 18.2 Å². The van der Waals surface area contributed by atoms with Crippen LogP contribution >= 0.6 is 28.1 Å². The number of thiocarbonyl (C=S) groups is 1. The molecule has 12 heavy (non-hydrogen) atoms. The fourth-order valence-electron chi connectivity index (χ4n) is 0.859. The maximum atomic E-state index is 5.48. The first kappa shape index (κ1) is 9.48. The molecule has 0 amide bonds. The lowest BCUT2D eigenvalue weighted by molar-refractivity contribution is 0.412. The summed E-state index contributed by atoms with van der Waals surface area (Å²) in [6.45, 7) is 0. The van der Waals surface area contributed by atoms with Gasteiger partial charge in [-0.05, 0) is 22.0 Å². The van der Waals surface area contributed by atoms with Crippen molar-refractivity contribution in [2.75, 3.05) is 7.11 Å². The van der Waals surface area contributed by atoms with Crippen molar-refractivity contribution < 1.29 is 4.74 Å². The highest BCUT2D eigenvalue weighted by Crippen LogP contribution is 2.27. The number of ether oxygens (including phenoxy) is 1. The van der Waals surface area contributed by atoms with Crippen molar-refractivity contribution >= 4 is 33.1 Å². The molecule has 0 fully saturated rings. The molecule has 1 rings (SSSR count). The fourth-order valence-corrected chi connectivity index (χ4v) is 1.80. The monoisotopic (exact) mass is 245 g/mol. The van der Waals surface area contributed by atoms with Crippen LogP contribution in [-0.2, 0) is 0 Å². The van der Waals surface area contributed by atoms with Crippen molar-refractivity contribution in [3.63, 3.8) is 0 Å². The average molecular weight is 246 g/mol. The molecule has 1 aromatic carbocycles. The fraction of sp³-hybridized carbons (Fsp3) is 0.125. The van der Waals surface area contributed by atoms with E-state index < -0.39 is 0 Å². The van der Waals surface area contributed by atoms with Gasteiger partial charge in [0, 0.05) is 5.56 Å². The van der Waals surface area contributed by atoms with Gasteiger partial charge in [-0.1, -0.05) is 24.4 Å². The van der Waals surface area contributed by atoms with Gasteiger partial charge >= 0.3 is 0 Å². The number of rotatable bonds is 2. The number of hydrogen-bond acceptors (Lipinski definition) is 2. The van der Waals surface area contributed by atoms with Crippen LogP contribution < -0.4 is 10.5 Å². The van der Waals surface area contributed by atoms with Crippen molar-refractivity contribution in [1.29, 1.82) is 0 Å². The molecule has 64 valence electrons. The highest BCUT2D eigenvalue weighted by atomic mass is 79.9. The SMILES string of the molecule is COc1cccc(C(N)=S)c1Br. The third-order valence-corrected chi connectivity index (χ3v) is 2.49. The summed E-state index contributed by atoms with van der Waals surface area (Å²) in [5.74, 6) is 0.736. The van der Waals surface area contributed by atoms with E-state index in [1.54, 1.807) is 7.11 Å². The molecule has 0 heterocycles. The summed E-state index contributed by atoms with van der Waals surface area (Å²) >= 11 is 8.20. The smallest absolute Gasteiger partial charge is 0.133 e. The number of hydrogen-bond donors (Lipinski definition) is 1. The van der Waals surface area contributed by atoms with E-state index in [9.17, 15) is 0 Å². The predicted octanol–water partition coefficient (Wildman–Crippen LogP) is 2.09. The molecule has 0 saturated heterocycles. The van der Waals surface area contributed by atoms with Gasteiger partial charge < -0.3 is 10.5 Å². The molecule has 4 heteroatoms. The highest BCUT2D eigenvalue weighted by molar-refractivity contribution is 9.10. The second kappa shape index (κ2) is 3.87. The lowest BCUT2D eigenvalue weighted by Crippen LogP contribution is -2.10. The van der Waals surface area contributed by atoms with Gasteiger partial charge in [-0.25, -0.2) is 0 Å². The average Bonchev–Trinajstić information content (AvgIpc) is 2.04. The van der Waals surface area contributed by atoms with Crippen LogP contribution in [0.3, 0.4) is 0 Å². The summed E-state index contributed by atoms with van der Waals surface area (Å²) in [5, 5.41) is 0. The van der Waals surface area contributed by atoms with Crippen molar-refractivity contribution in [3.8, 4) is 5.75 Å². The minimum atomic E-state index is 0.362. The van der Waals surface area contributed by atoms with Crippen molar-refractivity contribution in [2.45, 2.75) is 0 Å². The normalized spacial score (nSPS) is 9.50. The first-order valence-corrected chi connectivity index (χ1v) is 4.49. The number of benzene rings is 1. The quantitative estimate of drug-likeness (QED) is 0.811. The van der Waals surface area contributed by atoms with Crippen LogP contribution in [0.25, 0.3) is 0 Å². The molecular formula is C8H8BrNOS. The largest absolute Gasteiger partial charge is 0.496 e. The zero-order valence-electron chi connectivity index (χ0n) is 6.50. The van der Waals surface area contributed by atoms with Crippen LogP contribution in [0.1, 0.15) is 5.56 Å². The molecule has 0 saturated carbocycles. The summed E-state index contributed by atoms with van der Waals surface area (Å²) in [6, 6.07) is 5.53. The number of methoxy groups -OCH3 is 1. The van der Waals surface area contributed by atoms with E-state index in [0.717, 1.165) is 15.8 Å². The van der Waals surface area contributed by atoms with E-state index in [1.165, 1.54) is 0 Å². The highest BCUT2D eigenvalue weighted by Gasteiger charge is 2.06. The van der Waals surface area contributed by atoms with Gasteiger partial charge in [0.05, 0.1) is 11.6 Å². The third kappa shape index (κ3) is 1.76. The molecule has 0 unspecified atom stereocenters. The van der Waals surface area contributed by atoms with E-state index >= 15 is 0 Å². The minimum Gasteiger partial charge on any atom is -0.496 e. The van der Waals surface area contributed by atoms with Crippen molar-refractivity contribution in [1.82, 2.24) is 0 Å². The van der Waals surface area contributed by atoms with E-state index in [0.29, 0.717) is 4.99 Å². The Labute approximate surface area is 84.8 Å². The van der Waals surface area contributed by atoms with Crippen LogP contribution in [0.4, 0.5) is 0 Å². The van der Waals surface area contributed by atoms with Gasteiger partial charge in [-0.2, -0.15) is 0 Å².